The molecule has 1 heterocycles. The molecule has 0 spiro atoms. The van der Waals surface area contributed by atoms with Crippen molar-refractivity contribution in [1.82, 2.24) is 0 Å². The quantitative estimate of drug-likeness (QED) is 0.726. The molecule has 1 aromatic carbocycles. The van der Waals surface area contributed by atoms with Crippen molar-refractivity contribution in [3.63, 3.8) is 0 Å². The summed E-state index contributed by atoms with van der Waals surface area (Å²) in [6.45, 7) is 5.40. The van der Waals surface area contributed by atoms with E-state index in [0.717, 1.165) is 5.56 Å². The van der Waals surface area contributed by atoms with Crippen LogP contribution >= 0.6 is 0 Å². The fourth-order valence-electron chi connectivity index (χ4n) is 2.58. The summed E-state index contributed by atoms with van der Waals surface area (Å²) in [4.78, 5) is 13.8. The van der Waals surface area contributed by atoms with Gasteiger partial charge in [-0.2, -0.15) is 0 Å². The van der Waals surface area contributed by atoms with E-state index in [9.17, 15) is 9.18 Å². The van der Waals surface area contributed by atoms with E-state index in [4.69, 9.17) is 9.47 Å². The molecule has 1 aromatic rings. The molecule has 0 radical (unpaired) electrons. The minimum absolute atomic E-state index is 0.0276. The number of ether oxygens (including phenoxy) is 2. The fraction of sp³-hybridized carbons (Fsp3) is 0.562. The third-order valence-electron chi connectivity index (χ3n) is 3.54. The van der Waals surface area contributed by atoms with Crippen molar-refractivity contribution in [2.24, 2.45) is 0 Å². The Kier molecular flexibility index (Phi) is 5.70. The summed E-state index contributed by atoms with van der Waals surface area (Å²) >= 11 is 0. The lowest BCUT2D eigenvalue weighted by Gasteiger charge is -2.30. The molecule has 0 fully saturated rings. The maximum atomic E-state index is 13.4. The molecule has 0 aromatic heterocycles. The number of carbonyl (C=O) groups is 1. The third-order valence-corrected chi connectivity index (χ3v) is 3.54. The van der Waals surface area contributed by atoms with E-state index in [0.29, 0.717) is 44.7 Å². The van der Waals surface area contributed by atoms with Crippen LogP contribution in [0.25, 0.3) is 0 Å². The number of aryl methyl sites for hydroxylation is 1. The van der Waals surface area contributed by atoms with Gasteiger partial charge in [-0.3, -0.25) is 4.79 Å². The summed E-state index contributed by atoms with van der Waals surface area (Å²) in [7, 11) is 0. The Bertz CT molecular complexity index is 486. The van der Waals surface area contributed by atoms with Crippen LogP contribution in [0.15, 0.2) is 18.2 Å². The number of benzene rings is 1. The van der Waals surface area contributed by atoms with E-state index in [1.807, 2.05) is 13.8 Å². The van der Waals surface area contributed by atoms with Gasteiger partial charge in [-0.25, -0.2) is 4.39 Å². The highest BCUT2D eigenvalue weighted by Gasteiger charge is 2.25. The van der Waals surface area contributed by atoms with E-state index >= 15 is 0 Å². The zero-order valence-corrected chi connectivity index (χ0v) is 12.6. The molecule has 0 saturated carbocycles. The second-order valence-corrected chi connectivity index (χ2v) is 4.95. The number of fused-ring (bicyclic) bond motifs is 1. The summed E-state index contributed by atoms with van der Waals surface area (Å²) in [6, 6.07) is 4.63. The minimum Gasteiger partial charge on any atom is -0.353 e. The highest BCUT2D eigenvalue weighted by Crippen LogP contribution is 2.29. The van der Waals surface area contributed by atoms with Crippen LogP contribution in [0.2, 0.25) is 0 Å². The molecule has 1 amide bonds. The molecule has 0 bridgehead atoms. The smallest absolute Gasteiger partial charge is 0.227 e. The average molecular weight is 295 g/mol. The first kappa shape index (κ1) is 15.9. The molecule has 21 heavy (non-hydrogen) atoms. The maximum absolute atomic E-state index is 13.4. The SMILES string of the molecule is CCOC(CCN1C(=O)CCc2ccc(F)cc21)OCC. The molecule has 0 atom stereocenters. The van der Waals surface area contributed by atoms with Crippen molar-refractivity contribution >= 4 is 11.6 Å². The number of halogens is 1. The lowest BCUT2D eigenvalue weighted by molar-refractivity contribution is -0.138. The summed E-state index contributed by atoms with van der Waals surface area (Å²) < 4.78 is 24.4. The van der Waals surface area contributed by atoms with Gasteiger partial charge in [-0.1, -0.05) is 6.07 Å². The van der Waals surface area contributed by atoms with Gasteiger partial charge in [0.15, 0.2) is 6.29 Å². The number of carbonyl (C=O) groups excluding carboxylic acids is 1. The van der Waals surface area contributed by atoms with Gasteiger partial charge in [0.05, 0.1) is 0 Å². The van der Waals surface area contributed by atoms with E-state index < -0.39 is 0 Å². The first-order valence-electron chi connectivity index (χ1n) is 7.47. The van der Waals surface area contributed by atoms with Crippen LogP contribution in [0.1, 0.15) is 32.3 Å². The van der Waals surface area contributed by atoms with Crippen LogP contribution in [-0.2, 0) is 20.7 Å². The second kappa shape index (κ2) is 7.52. The maximum Gasteiger partial charge on any atom is 0.227 e. The number of hydrogen-bond acceptors (Lipinski definition) is 3. The first-order chi connectivity index (χ1) is 10.2. The van der Waals surface area contributed by atoms with Crippen LogP contribution in [0.3, 0.4) is 0 Å². The molecule has 2 rings (SSSR count). The van der Waals surface area contributed by atoms with Crippen molar-refractivity contribution in [3.05, 3.63) is 29.6 Å². The van der Waals surface area contributed by atoms with Crippen LogP contribution in [-0.4, -0.2) is 32.0 Å². The Morgan fingerprint density at radius 2 is 1.95 bits per heavy atom. The molecule has 0 aliphatic carbocycles. The minimum atomic E-state index is -0.327. The number of amides is 1. The summed E-state index contributed by atoms with van der Waals surface area (Å²) in [5, 5.41) is 0. The standard InChI is InChI=1S/C16H22FNO3/c1-3-20-16(21-4-2)9-10-18-14-11-13(17)7-5-12(14)6-8-15(18)19/h5,7,11,16H,3-4,6,8-10H2,1-2H3. The van der Waals surface area contributed by atoms with E-state index in [2.05, 4.69) is 0 Å². The topological polar surface area (TPSA) is 38.8 Å². The van der Waals surface area contributed by atoms with Crippen molar-refractivity contribution < 1.29 is 18.7 Å². The van der Waals surface area contributed by atoms with Gasteiger partial charge in [-0.15, -0.1) is 0 Å². The molecule has 5 heteroatoms. The van der Waals surface area contributed by atoms with Crippen molar-refractivity contribution in [2.45, 2.75) is 39.4 Å². The van der Waals surface area contributed by atoms with Crippen LogP contribution in [0.5, 0.6) is 0 Å². The van der Waals surface area contributed by atoms with Crippen molar-refractivity contribution in [1.29, 1.82) is 0 Å². The lowest BCUT2D eigenvalue weighted by Crippen LogP contribution is -2.38. The normalized spacial score (nSPS) is 14.7. The van der Waals surface area contributed by atoms with Gasteiger partial charge in [0.25, 0.3) is 0 Å². The fourth-order valence-corrected chi connectivity index (χ4v) is 2.58. The molecule has 0 saturated heterocycles. The number of hydrogen-bond donors (Lipinski definition) is 0. The number of rotatable bonds is 7. The summed E-state index contributed by atoms with van der Waals surface area (Å²) in [6.07, 6.45) is 1.38. The molecule has 116 valence electrons. The van der Waals surface area contributed by atoms with Crippen molar-refractivity contribution in [2.75, 3.05) is 24.7 Å². The van der Waals surface area contributed by atoms with Gasteiger partial charge >= 0.3 is 0 Å². The highest BCUT2D eigenvalue weighted by atomic mass is 19.1. The van der Waals surface area contributed by atoms with Gasteiger partial charge in [-0.05, 0) is 38.0 Å². The molecule has 1 aliphatic heterocycles. The Balaban J connectivity index is 2.08. The molecule has 0 unspecified atom stereocenters. The van der Waals surface area contributed by atoms with E-state index in [1.165, 1.54) is 12.1 Å². The Labute approximate surface area is 124 Å². The van der Waals surface area contributed by atoms with Crippen LogP contribution in [0.4, 0.5) is 10.1 Å². The van der Waals surface area contributed by atoms with Crippen molar-refractivity contribution in [3.8, 4) is 0 Å². The average Bonchev–Trinajstić information content (AvgIpc) is 2.46. The number of nitrogens with zero attached hydrogens (tertiary/aromatic N) is 1. The summed E-state index contributed by atoms with van der Waals surface area (Å²) in [5.41, 5.74) is 1.69. The predicted octanol–water partition coefficient (Wildman–Crippen LogP) is 2.89. The van der Waals surface area contributed by atoms with E-state index in [-0.39, 0.29) is 18.0 Å². The zero-order valence-electron chi connectivity index (χ0n) is 12.6. The van der Waals surface area contributed by atoms with Gasteiger partial charge in [0.2, 0.25) is 5.91 Å². The van der Waals surface area contributed by atoms with Crippen LogP contribution in [0, 0.1) is 5.82 Å². The lowest BCUT2D eigenvalue weighted by atomic mass is 10.0. The highest BCUT2D eigenvalue weighted by molar-refractivity contribution is 5.96. The zero-order chi connectivity index (χ0) is 15.2. The molecule has 1 aliphatic rings. The second-order valence-electron chi connectivity index (χ2n) is 4.95. The summed E-state index contributed by atoms with van der Waals surface area (Å²) in [5.74, 6) is -0.292. The molecular formula is C16H22FNO3. The Morgan fingerprint density at radius 3 is 2.62 bits per heavy atom. The predicted molar refractivity (Wildman–Crippen MR) is 78.7 cm³/mol. The van der Waals surface area contributed by atoms with Gasteiger partial charge < -0.3 is 14.4 Å². The molecule has 4 nitrogen and oxygen atoms in total. The molecular weight excluding hydrogens is 273 g/mol. The number of anilines is 1. The Morgan fingerprint density at radius 1 is 1.24 bits per heavy atom. The first-order valence-corrected chi connectivity index (χ1v) is 7.47. The Hall–Kier alpha value is -1.46. The van der Waals surface area contributed by atoms with Crippen LogP contribution < -0.4 is 4.90 Å². The van der Waals surface area contributed by atoms with Gasteiger partial charge in [0, 0.05) is 38.3 Å². The largest absolute Gasteiger partial charge is 0.353 e. The monoisotopic (exact) mass is 295 g/mol. The molecule has 0 N–H and O–H groups in total. The van der Waals surface area contributed by atoms with Gasteiger partial charge in [0.1, 0.15) is 5.82 Å². The van der Waals surface area contributed by atoms with E-state index in [1.54, 1.807) is 11.0 Å². The third kappa shape index (κ3) is 4.02.